The Hall–Kier alpha value is -1.42. The van der Waals surface area contributed by atoms with Gasteiger partial charge < -0.3 is 0 Å². The molecule has 1 saturated heterocycles. The van der Waals surface area contributed by atoms with Crippen molar-refractivity contribution in [1.82, 2.24) is 9.97 Å². The molecule has 11 heteroatoms. The minimum absolute atomic E-state index is 0.0912. The summed E-state index contributed by atoms with van der Waals surface area (Å²) in [5, 5.41) is 0. The van der Waals surface area contributed by atoms with E-state index in [9.17, 15) is 26.4 Å². The van der Waals surface area contributed by atoms with Gasteiger partial charge in [0.05, 0.1) is 5.75 Å². The number of carbonyl (C=O) groups excluding carboxylic acids is 1. The topological polar surface area (TPSA) is 80.2 Å². The van der Waals surface area contributed by atoms with Gasteiger partial charge in [-0.25, -0.2) is 18.4 Å². The van der Waals surface area contributed by atoms with E-state index in [4.69, 9.17) is 10.7 Å². The summed E-state index contributed by atoms with van der Waals surface area (Å²) in [6.07, 6.45) is -3.89. The molecule has 1 aliphatic rings. The van der Waals surface area contributed by atoms with Crippen LogP contribution in [0.15, 0.2) is 12.3 Å². The lowest BCUT2D eigenvalue weighted by molar-refractivity contribution is -0.141. The van der Waals surface area contributed by atoms with Crippen LogP contribution in [-0.4, -0.2) is 36.6 Å². The van der Waals surface area contributed by atoms with Crippen LogP contribution in [0.4, 0.5) is 19.1 Å². The van der Waals surface area contributed by atoms with Gasteiger partial charge in [0.15, 0.2) is 0 Å². The van der Waals surface area contributed by atoms with E-state index in [2.05, 4.69) is 9.97 Å². The lowest BCUT2D eigenvalue weighted by atomic mass is 10.1. The summed E-state index contributed by atoms with van der Waals surface area (Å²) in [6.45, 7) is -0.0912. The number of aromatic nitrogens is 2. The van der Waals surface area contributed by atoms with Crippen LogP contribution < -0.4 is 4.90 Å². The zero-order valence-corrected chi connectivity index (χ0v) is 11.9. The van der Waals surface area contributed by atoms with Crippen molar-refractivity contribution in [3.63, 3.8) is 0 Å². The molecule has 1 aliphatic heterocycles. The van der Waals surface area contributed by atoms with E-state index in [0.29, 0.717) is 6.07 Å². The van der Waals surface area contributed by atoms with Crippen LogP contribution in [0.1, 0.15) is 12.1 Å². The molecule has 1 aromatic heterocycles. The van der Waals surface area contributed by atoms with E-state index >= 15 is 0 Å². The van der Waals surface area contributed by atoms with Crippen molar-refractivity contribution in [3.05, 3.63) is 18.0 Å². The van der Waals surface area contributed by atoms with Gasteiger partial charge in [0, 0.05) is 35.8 Å². The van der Waals surface area contributed by atoms with Crippen molar-refractivity contribution in [2.24, 2.45) is 5.92 Å². The summed E-state index contributed by atoms with van der Waals surface area (Å²) in [7, 11) is 1.31. The minimum Gasteiger partial charge on any atom is -0.280 e. The monoisotopic (exact) mass is 343 g/mol. The van der Waals surface area contributed by atoms with Crippen LogP contribution in [0.25, 0.3) is 0 Å². The van der Waals surface area contributed by atoms with Crippen LogP contribution in [0.5, 0.6) is 0 Å². The smallest absolute Gasteiger partial charge is 0.280 e. The second-order valence-corrected chi connectivity index (χ2v) is 7.34. The third kappa shape index (κ3) is 4.03. The number of amides is 1. The van der Waals surface area contributed by atoms with Crippen molar-refractivity contribution in [2.45, 2.75) is 12.6 Å². The molecule has 1 unspecified atom stereocenters. The Morgan fingerprint density at radius 1 is 1.43 bits per heavy atom. The van der Waals surface area contributed by atoms with Crippen LogP contribution in [-0.2, 0) is 20.0 Å². The maximum absolute atomic E-state index is 12.6. The van der Waals surface area contributed by atoms with Gasteiger partial charge in [-0.1, -0.05) is 0 Å². The van der Waals surface area contributed by atoms with Crippen molar-refractivity contribution in [1.29, 1.82) is 0 Å². The maximum Gasteiger partial charge on any atom is 0.433 e. The van der Waals surface area contributed by atoms with E-state index < -0.39 is 44.4 Å². The molecular formula is C10H9ClF3N3O3S. The van der Waals surface area contributed by atoms with Crippen LogP contribution in [0.2, 0.25) is 0 Å². The number of hydrogen-bond donors (Lipinski definition) is 0. The fourth-order valence-corrected chi connectivity index (χ4v) is 3.33. The molecular weight excluding hydrogens is 335 g/mol. The molecule has 0 N–H and O–H groups in total. The first kappa shape index (κ1) is 16.0. The molecule has 2 rings (SSSR count). The van der Waals surface area contributed by atoms with E-state index in [1.54, 1.807) is 0 Å². The maximum atomic E-state index is 12.6. The van der Waals surface area contributed by atoms with Gasteiger partial charge in [0.1, 0.15) is 5.69 Å². The lowest BCUT2D eigenvalue weighted by Gasteiger charge is -2.15. The Balaban J connectivity index is 2.21. The predicted octanol–water partition coefficient (Wildman–Crippen LogP) is 1.42. The van der Waals surface area contributed by atoms with Gasteiger partial charge in [-0.15, -0.1) is 0 Å². The fraction of sp³-hybridized carbons (Fsp3) is 0.500. The third-order valence-electron chi connectivity index (χ3n) is 2.81. The van der Waals surface area contributed by atoms with Gasteiger partial charge >= 0.3 is 6.18 Å². The largest absolute Gasteiger partial charge is 0.433 e. The minimum atomic E-state index is -4.65. The summed E-state index contributed by atoms with van der Waals surface area (Å²) in [5.41, 5.74) is -1.17. The van der Waals surface area contributed by atoms with Crippen molar-refractivity contribution in [3.8, 4) is 0 Å². The second-order valence-electron chi connectivity index (χ2n) is 4.52. The Morgan fingerprint density at radius 2 is 2.10 bits per heavy atom. The molecule has 6 nitrogen and oxygen atoms in total. The van der Waals surface area contributed by atoms with Gasteiger partial charge in [-0.2, -0.15) is 13.2 Å². The van der Waals surface area contributed by atoms with Gasteiger partial charge in [-0.3, -0.25) is 9.69 Å². The van der Waals surface area contributed by atoms with E-state index in [-0.39, 0.29) is 13.0 Å². The van der Waals surface area contributed by atoms with E-state index in [1.807, 2.05) is 0 Å². The Bertz CT molecular complexity index is 665. The highest BCUT2D eigenvalue weighted by atomic mass is 35.7. The SMILES string of the molecule is O=C1CC(CS(=O)(=O)Cl)CN1c1nccc(C(F)(F)F)n1. The number of halogens is 4. The number of rotatable bonds is 3. The highest BCUT2D eigenvalue weighted by molar-refractivity contribution is 8.13. The van der Waals surface area contributed by atoms with Crippen molar-refractivity contribution >= 4 is 31.6 Å². The number of nitrogens with zero attached hydrogens (tertiary/aromatic N) is 3. The van der Waals surface area contributed by atoms with E-state index in [1.165, 1.54) is 0 Å². The molecule has 21 heavy (non-hydrogen) atoms. The summed E-state index contributed by atoms with van der Waals surface area (Å²) >= 11 is 0. The van der Waals surface area contributed by atoms with Gasteiger partial charge in [-0.05, 0) is 6.07 Å². The molecule has 0 radical (unpaired) electrons. The molecule has 116 valence electrons. The highest BCUT2D eigenvalue weighted by Gasteiger charge is 2.37. The fourth-order valence-electron chi connectivity index (χ4n) is 2.00. The molecule has 2 heterocycles. The second kappa shape index (κ2) is 5.41. The first-order chi connectivity index (χ1) is 9.56. The summed E-state index contributed by atoms with van der Waals surface area (Å²) < 4.78 is 59.6. The Kier molecular flexibility index (Phi) is 4.11. The zero-order chi connectivity index (χ0) is 15.8. The molecule has 1 fully saturated rings. The number of carbonyl (C=O) groups is 1. The first-order valence-corrected chi connectivity index (χ1v) is 8.17. The Labute approximate surface area is 122 Å². The highest BCUT2D eigenvalue weighted by Crippen LogP contribution is 2.30. The normalized spacial score (nSPS) is 20.1. The Morgan fingerprint density at radius 3 is 2.67 bits per heavy atom. The lowest BCUT2D eigenvalue weighted by Crippen LogP contribution is -2.28. The molecule has 0 spiro atoms. The summed E-state index contributed by atoms with van der Waals surface area (Å²) in [4.78, 5) is 19.6. The average Bonchev–Trinajstić information content (AvgIpc) is 2.67. The summed E-state index contributed by atoms with van der Waals surface area (Å²) in [6, 6.07) is 0.685. The first-order valence-electron chi connectivity index (χ1n) is 5.69. The standard InChI is InChI=1S/C10H9ClF3N3O3S/c11-21(19,20)5-6-3-8(18)17(4-6)9-15-2-1-7(16-9)10(12,13)14/h1-2,6H,3-5H2. The van der Waals surface area contributed by atoms with Crippen molar-refractivity contribution < 1.29 is 26.4 Å². The predicted molar refractivity (Wildman–Crippen MR) is 67.1 cm³/mol. The molecule has 1 amide bonds. The third-order valence-corrected chi connectivity index (χ3v) is 4.06. The van der Waals surface area contributed by atoms with Crippen LogP contribution in [0, 0.1) is 5.92 Å². The van der Waals surface area contributed by atoms with Crippen LogP contribution in [0.3, 0.4) is 0 Å². The molecule has 0 aromatic carbocycles. The zero-order valence-electron chi connectivity index (χ0n) is 10.3. The van der Waals surface area contributed by atoms with Crippen LogP contribution >= 0.6 is 10.7 Å². The molecule has 1 atom stereocenters. The molecule has 1 aromatic rings. The number of hydrogen-bond acceptors (Lipinski definition) is 5. The quantitative estimate of drug-likeness (QED) is 0.775. The molecule has 0 bridgehead atoms. The van der Waals surface area contributed by atoms with Gasteiger partial charge in [0.2, 0.25) is 20.9 Å². The number of alkyl halides is 3. The average molecular weight is 344 g/mol. The molecule has 0 aliphatic carbocycles. The van der Waals surface area contributed by atoms with Gasteiger partial charge in [0.25, 0.3) is 0 Å². The van der Waals surface area contributed by atoms with Crippen molar-refractivity contribution in [2.75, 3.05) is 17.2 Å². The summed E-state index contributed by atoms with van der Waals surface area (Å²) in [5.74, 6) is -1.97. The number of anilines is 1. The van der Waals surface area contributed by atoms with E-state index in [0.717, 1.165) is 11.1 Å². The molecule has 0 saturated carbocycles.